The number of rotatable bonds is 1. The van der Waals surface area contributed by atoms with Gasteiger partial charge in [0.15, 0.2) is 0 Å². The molecule has 0 aromatic carbocycles. The number of hydrogen-bond acceptors (Lipinski definition) is 2. The first-order valence-electron chi connectivity index (χ1n) is 4.75. The number of hydrogen-bond donors (Lipinski definition) is 0. The van der Waals surface area contributed by atoms with E-state index >= 15 is 0 Å². The van der Waals surface area contributed by atoms with Crippen LogP contribution in [0.3, 0.4) is 0 Å². The van der Waals surface area contributed by atoms with Crippen LogP contribution in [-0.2, 0) is 7.05 Å². The molecule has 0 spiro atoms. The minimum absolute atomic E-state index is 1.10. The van der Waals surface area contributed by atoms with E-state index in [1.165, 1.54) is 0 Å². The molecule has 3 aromatic heterocycles. The Kier molecular flexibility index (Phi) is 1.62. The third-order valence-electron chi connectivity index (χ3n) is 2.43. The number of nitrogens with zero attached hydrogens (tertiary/aromatic N) is 4. The van der Waals surface area contributed by atoms with Crippen molar-refractivity contribution < 1.29 is 0 Å². The summed E-state index contributed by atoms with van der Waals surface area (Å²) >= 11 is 0. The zero-order valence-corrected chi connectivity index (χ0v) is 8.33. The Labute approximate surface area is 86.8 Å². The van der Waals surface area contributed by atoms with Crippen LogP contribution in [0, 0.1) is 0 Å². The van der Waals surface area contributed by atoms with Crippen molar-refractivity contribution in [1.82, 2.24) is 19.4 Å². The number of aryl methyl sites for hydroxylation is 1. The Hall–Kier alpha value is -2.10. The predicted octanol–water partition coefficient (Wildman–Crippen LogP) is 1.73. The molecule has 0 saturated heterocycles. The summed E-state index contributed by atoms with van der Waals surface area (Å²) in [7, 11) is 1.91. The van der Waals surface area contributed by atoms with Gasteiger partial charge in [-0.3, -0.25) is 4.68 Å². The fourth-order valence-electron chi connectivity index (χ4n) is 1.66. The van der Waals surface area contributed by atoms with Gasteiger partial charge in [-0.15, -0.1) is 0 Å². The molecular weight excluding hydrogens is 188 g/mol. The lowest BCUT2D eigenvalue weighted by molar-refractivity contribution is 0.768. The highest BCUT2D eigenvalue weighted by Gasteiger charge is 2.01. The first kappa shape index (κ1) is 8.23. The van der Waals surface area contributed by atoms with Crippen molar-refractivity contribution >= 4 is 5.52 Å². The molecule has 4 nitrogen and oxygen atoms in total. The predicted molar refractivity (Wildman–Crippen MR) is 57.4 cm³/mol. The molecule has 0 atom stereocenters. The average Bonchev–Trinajstić information content (AvgIpc) is 2.84. The molecule has 0 fully saturated rings. The molecule has 0 unspecified atom stereocenters. The summed E-state index contributed by atoms with van der Waals surface area (Å²) in [6, 6.07) is 6.11. The maximum absolute atomic E-state index is 4.20. The van der Waals surface area contributed by atoms with Gasteiger partial charge >= 0.3 is 0 Å². The van der Waals surface area contributed by atoms with Crippen molar-refractivity contribution in [1.29, 1.82) is 0 Å². The Morgan fingerprint density at radius 1 is 1.00 bits per heavy atom. The van der Waals surface area contributed by atoms with E-state index in [0.29, 0.717) is 0 Å². The quantitative estimate of drug-likeness (QED) is 0.597. The van der Waals surface area contributed by atoms with Crippen LogP contribution >= 0.6 is 0 Å². The number of aromatic nitrogens is 4. The number of fused-ring (bicyclic) bond motifs is 1. The Bertz CT molecular complexity index is 606. The Balaban J connectivity index is 2.18. The minimum atomic E-state index is 1.10. The molecule has 4 heteroatoms. The van der Waals surface area contributed by atoms with Gasteiger partial charge in [0.2, 0.25) is 0 Å². The fraction of sp³-hybridized carbons (Fsp3) is 0.0909. The number of pyridine rings is 1. The van der Waals surface area contributed by atoms with E-state index in [4.69, 9.17) is 0 Å². The molecule has 3 aromatic rings. The van der Waals surface area contributed by atoms with Crippen molar-refractivity contribution in [2.75, 3.05) is 0 Å². The van der Waals surface area contributed by atoms with Crippen molar-refractivity contribution in [3.63, 3.8) is 0 Å². The SMILES string of the molecule is Cn1cc(-c2ccc3ccnn3c2)cn1. The van der Waals surface area contributed by atoms with E-state index in [1.54, 1.807) is 10.9 Å². The average molecular weight is 198 g/mol. The maximum atomic E-state index is 4.20. The second kappa shape index (κ2) is 2.95. The highest BCUT2D eigenvalue weighted by Crippen LogP contribution is 2.18. The van der Waals surface area contributed by atoms with Crippen LogP contribution in [0.5, 0.6) is 0 Å². The molecule has 74 valence electrons. The van der Waals surface area contributed by atoms with Crippen LogP contribution < -0.4 is 0 Å². The molecule has 0 saturated carbocycles. The summed E-state index contributed by atoms with van der Waals surface area (Å²) in [5.41, 5.74) is 3.33. The summed E-state index contributed by atoms with van der Waals surface area (Å²) in [5, 5.41) is 8.35. The molecule has 3 heterocycles. The maximum Gasteiger partial charge on any atom is 0.0661 e. The standard InChI is InChI=1S/C11H10N4/c1-14-7-10(6-13-14)9-2-3-11-4-5-12-15(11)8-9/h2-8H,1H3. The van der Waals surface area contributed by atoms with Crippen LogP contribution in [-0.4, -0.2) is 19.4 Å². The van der Waals surface area contributed by atoms with Gasteiger partial charge in [0.05, 0.1) is 11.7 Å². The highest BCUT2D eigenvalue weighted by molar-refractivity contribution is 5.63. The third kappa shape index (κ3) is 1.30. The zero-order valence-electron chi connectivity index (χ0n) is 8.33. The summed E-state index contributed by atoms with van der Waals surface area (Å²) in [5.74, 6) is 0. The fourth-order valence-corrected chi connectivity index (χ4v) is 1.66. The molecule has 15 heavy (non-hydrogen) atoms. The van der Waals surface area contributed by atoms with Gasteiger partial charge in [-0.2, -0.15) is 10.2 Å². The van der Waals surface area contributed by atoms with E-state index in [2.05, 4.69) is 22.3 Å². The van der Waals surface area contributed by atoms with Crippen molar-refractivity contribution in [2.45, 2.75) is 0 Å². The second-order valence-corrected chi connectivity index (χ2v) is 3.52. The van der Waals surface area contributed by atoms with E-state index in [0.717, 1.165) is 16.6 Å². The van der Waals surface area contributed by atoms with Gasteiger partial charge in [-0.1, -0.05) is 6.07 Å². The van der Waals surface area contributed by atoms with Crippen LogP contribution in [0.1, 0.15) is 0 Å². The van der Waals surface area contributed by atoms with Crippen molar-refractivity contribution in [3.8, 4) is 11.1 Å². The molecule has 0 N–H and O–H groups in total. The second-order valence-electron chi connectivity index (χ2n) is 3.52. The molecule has 0 bridgehead atoms. The molecule has 0 aliphatic carbocycles. The Morgan fingerprint density at radius 3 is 2.73 bits per heavy atom. The van der Waals surface area contributed by atoms with E-state index in [9.17, 15) is 0 Å². The lowest BCUT2D eigenvalue weighted by Crippen LogP contribution is -1.87. The summed E-state index contributed by atoms with van der Waals surface area (Å²) in [6.07, 6.45) is 7.64. The highest BCUT2D eigenvalue weighted by atomic mass is 15.2. The normalized spacial score (nSPS) is 11.0. The first-order valence-corrected chi connectivity index (χ1v) is 4.75. The smallest absolute Gasteiger partial charge is 0.0661 e. The molecule has 3 rings (SSSR count). The summed E-state index contributed by atoms with van der Waals surface area (Å²) in [4.78, 5) is 0. The van der Waals surface area contributed by atoms with Gasteiger partial charge in [-0.25, -0.2) is 4.52 Å². The van der Waals surface area contributed by atoms with Gasteiger partial charge in [0.25, 0.3) is 0 Å². The minimum Gasteiger partial charge on any atom is -0.275 e. The third-order valence-corrected chi connectivity index (χ3v) is 2.43. The van der Waals surface area contributed by atoms with Gasteiger partial charge in [0.1, 0.15) is 0 Å². The lowest BCUT2D eigenvalue weighted by Gasteiger charge is -1.98. The lowest BCUT2D eigenvalue weighted by atomic mass is 10.2. The van der Waals surface area contributed by atoms with Crippen molar-refractivity contribution in [3.05, 3.63) is 43.0 Å². The van der Waals surface area contributed by atoms with E-state index in [-0.39, 0.29) is 0 Å². The molecule has 0 amide bonds. The summed E-state index contributed by atoms with van der Waals surface area (Å²) < 4.78 is 3.66. The van der Waals surface area contributed by atoms with Gasteiger partial charge in [0, 0.05) is 36.8 Å². The summed E-state index contributed by atoms with van der Waals surface area (Å²) in [6.45, 7) is 0. The topological polar surface area (TPSA) is 35.1 Å². The Morgan fingerprint density at radius 2 is 1.93 bits per heavy atom. The zero-order chi connectivity index (χ0) is 10.3. The van der Waals surface area contributed by atoms with Crippen molar-refractivity contribution in [2.24, 2.45) is 7.05 Å². The van der Waals surface area contributed by atoms with Crippen LogP contribution in [0.4, 0.5) is 0 Å². The van der Waals surface area contributed by atoms with Crippen LogP contribution in [0.15, 0.2) is 43.0 Å². The van der Waals surface area contributed by atoms with Crippen LogP contribution in [0.2, 0.25) is 0 Å². The van der Waals surface area contributed by atoms with E-state index in [1.807, 2.05) is 36.2 Å². The molecule has 0 radical (unpaired) electrons. The van der Waals surface area contributed by atoms with Gasteiger partial charge < -0.3 is 0 Å². The largest absolute Gasteiger partial charge is 0.275 e. The van der Waals surface area contributed by atoms with Crippen LogP contribution in [0.25, 0.3) is 16.6 Å². The van der Waals surface area contributed by atoms with E-state index < -0.39 is 0 Å². The monoisotopic (exact) mass is 198 g/mol. The molecular formula is C11H10N4. The molecule has 0 aliphatic rings. The molecule has 0 aliphatic heterocycles. The van der Waals surface area contributed by atoms with Gasteiger partial charge in [-0.05, 0) is 12.1 Å². The first-order chi connectivity index (χ1) is 7.33.